The number of aromatic nitrogens is 4. The summed E-state index contributed by atoms with van der Waals surface area (Å²) < 4.78 is 1.48. The normalized spacial score (nSPS) is 10.4. The van der Waals surface area contributed by atoms with Crippen molar-refractivity contribution in [2.75, 3.05) is 12.3 Å². The van der Waals surface area contributed by atoms with Crippen LogP contribution in [-0.4, -0.2) is 38.0 Å². The van der Waals surface area contributed by atoms with Crippen LogP contribution in [0.3, 0.4) is 0 Å². The lowest BCUT2D eigenvalue weighted by Gasteiger charge is -2.08. The number of nitrogens with zero attached hydrogens (tertiary/aromatic N) is 4. The summed E-state index contributed by atoms with van der Waals surface area (Å²) in [6.07, 6.45) is 4.55. The van der Waals surface area contributed by atoms with Gasteiger partial charge < -0.3 is 5.32 Å². The molecule has 116 valence electrons. The van der Waals surface area contributed by atoms with Gasteiger partial charge in [0.05, 0.1) is 5.56 Å². The molecule has 0 spiro atoms. The molecule has 23 heavy (non-hydrogen) atoms. The number of hydrogen-bond donors (Lipinski definition) is 1. The lowest BCUT2D eigenvalue weighted by atomic mass is 10.2. The first-order valence-corrected chi connectivity index (χ1v) is 8.09. The van der Waals surface area contributed by atoms with Crippen molar-refractivity contribution in [1.29, 1.82) is 0 Å². The van der Waals surface area contributed by atoms with Crippen molar-refractivity contribution in [2.45, 2.75) is 4.90 Å². The van der Waals surface area contributed by atoms with Gasteiger partial charge in [-0.2, -0.15) is 5.10 Å². The molecule has 6 nitrogen and oxygen atoms in total. The Balaban J connectivity index is 1.59. The summed E-state index contributed by atoms with van der Waals surface area (Å²) in [5.74, 6) is 1.10. The number of rotatable bonds is 6. The average molecular weight is 325 g/mol. The summed E-state index contributed by atoms with van der Waals surface area (Å²) in [5, 5.41) is 6.93. The minimum atomic E-state index is -0.169. The first kappa shape index (κ1) is 15.2. The zero-order chi connectivity index (χ0) is 15.9. The molecule has 1 N–H and O–H groups in total. The second-order valence-electron chi connectivity index (χ2n) is 4.63. The van der Waals surface area contributed by atoms with Gasteiger partial charge in [-0.15, -0.1) is 11.8 Å². The number of hydrogen-bond acceptors (Lipinski definition) is 5. The van der Waals surface area contributed by atoms with Gasteiger partial charge in [-0.3, -0.25) is 4.79 Å². The van der Waals surface area contributed by atoms with E-state index in [-0.39, 0.29) is 5.91 Å². The van der Waals surface area contributed by atoms with Crippen LogP contribution in [0.2, 0.25) is 0 Å². The zero-order valence-corrected chi connectivity index (χ0v) is 13.1. The van der Waals surface area contributed by atoms with E-state index in [9.17, 15) is 4.79 Å². The Hall–Kier alpha value is -2.67. The van der Waals surface area contributed by atoms with Gasteiger partial charge in [0.1, 0.15) is 12.7 Å². The first-order valence-electron chi connectivity index (χ1n) is 7.10. The molecular weight excluding hydrogens is 310 g/mol. The quantitative estimate of drug-likeness (QED) is 0.555. The average Bonchev–Trinajstić information content (AvgIpc) is 3.14. The molecule has 0 radical (unpaired) electrons. The van der Waals surface area contributed by atoms with Crippen molar-refractivity contribution in [3.05, 3.63) is 66.9 Å². The number of thioether (sulfide) groups is 1. The number of benzene rings is 1. The van der Waals surface area contributed by atoms with Crippen molar-refractivity contribution >= 4 is 17.7 Å². The van der Waals surface area contributed by atoms with Gasteiger partial charge in [0.25, 0.3) is 5.91 Å². The van der Waals surface area contributed by atoms with Gasteiger partial charge in [0.15, 0.2) is 5.82 Å². The molecule has 1 amide bonds. The van der Waals surface area contributed by atoms with Gasteiger partial charge in [0.2, 0.25) is 0 Å². The van der Waals surface area contributed by atoms with Gasteiger partial charge in [-0.05, 0) is 24.3 Å². The Morgan fingerprint density at radius 2 is 2.04 bits per heavy atom. The summed E-state index contributed by atoms with van der Waals surface area (Å²) in [6, 6.07) is 13.5. The summed E-state index contributed by atoms with van der Waals surface area (Å²) in [5.41, 5.74) is 0.475. The molecule has 0 aliphatic rings. The molecule has 0 aliphatic carbocycles. The van der Waals surface area contributed by atoms with Crippen molar-refractivity contribution in [3.8, 4) is 5.82 Å². The van der Waals surface area contributed by atoms with E-state index in [1.807, 2.05) is 18.2 Å². The van der Waals surface area contributed by atoms with Crippen molar-refractivity contribution in [3.63, 3.8) is 0 Å². The van der Waals surface area contributed by atoms with E-state index in [1.54, 1.807) is 30.1 Å². The molecule has 0 saturated heterocycles. The van der Waals surface area contributed by atoms with Crippen LogP contribution in [0.5, 0.6) is 0 Å². The first-order chi connectivity index (χ1) is 11.3. The van der Waals surface area contributed by atoms with Crippen LogP contribution in [0.4, 0.5) is 0 Å². The molecule has 2 heterocycles. The molecule has 1 aromatic carbocycles. The topological polar surface area (TPSA) is 72.7 Å². The van der Waals surface area contributed by atoms with Crippen LogP contribution in [-0.2, 0) is 0 Å². The van der Waals surface area contributed by atoms with E-state index >= 15 is 0 Å². The Labute approximate surface area is 138 Å². The van der Waals surface area contributed by atoms with Crippen LogP contribution in [0.15, 0.2) is 66.2 Å². The molecule has 0 aliphatic heterocycles. The van der Waals surface area contributed by atoms with Crippen LogP contribution < -0.4 is 5.32 Å². The largest absolute Gasteiger partial charge is 0.351 e. The SMILES string of the molecule is O=C(NCCSc1ccccc1)c1cccnc1-n1cncn1. The summed E-state index contributed by atoms with van der Waals surface area (Å²) in [4.78, 5) is 21.6. The van der Waals surface area contributed by atoms with Crippen LogP contribution in [0.25, 0.3) is 5.82 Å². The third kappa shape index (κ3) is 3.95. The summed E-state index contributed by atoms with van der Waals surface area (Å²) >= 11 is 1.70. The third-order valence-corrected chi connectivity index (χ3v) is 4.08. The molecule has 0 atom stereocenters. The van der Waals surface area contributed by atoms with Crippen molar-refractivity contribution in [1.82, 2.24) is 25.1 Å². The van der Waals surface area contributed by atoms with E-state index in [0.717, 1.165) is 5.75 Å². The highest BCUT2D eigenvalue weighted by atomic mass is 32.2. The van der Waals surface area contributed by atoms with E-state index in [0.29, 0.717) is 17.9 Å². The Morgan fingerprint density at radius 1 is 1.17 bits per heavy atom. The molecule has 0 unspecified atom stereocenters. The monoisotopic (exact) mass is 325 g/mol. The van der Waals surface area contributed by atoms with Gasteiger partial charge >= 0.3 is 0 Å². The van der Waals surface area contributed by atoms with Crippen LogP contribution in [0.1, 0.15) is 10.4 Å². The molecule has 0 bridgehead atoms. The van der Waals surface area contributed by atoms with E-state index in [1.165, 1.54) is 22.2 Å². The maximum absolute atomic E-state index is 12.4. The van der Waals surface area contributed by atoms with E-state index in [2.05, 4.69) is 32.5 Å². The predicted octanol–water partition coefficient (Wildman–Crippen LogP) is 2.18. The summed E-state index contributed by atoms with van der Waals surface area (Å²) in [7, 11) is 0. The predicted molar refractivity (Wildman–Crippen MR) is 88.7 cm³/mol. The van der Waals surface area contributed by atoms with Crippen LogP contribution >= 0.6 is 11.8 Å². The number of carbonyl (C=O) groups is 1. The highest BCUT2D eigenvalue weighted by molar-refractivity contribution is 7.99. The molecule has 2 aromatic heterocycles. The maximum atomic E-state index is 12.4. The van der Waals surface area contributed by atoms with Gasteiger partial charge in [-0.1, -0.05) is 18.2 Å². The number of nitrogens with one attached hydrogen (secondary N) is 1. The lowest BCUT2D eigenvalue weighted by molar-refractivity contribution is 0.0955. The Bertz CT molecular complexity index is 761. The molecule has 3 aromatic rings. The molecule has 7 heteroatoms. The molecule has 3 rings (SSSR count). The van der Waals surface area contributed by atoms with E-state index in [4.69, 9.17) is 0 Å². The lowest BCUT2D eigenvalue weighted by Crippen LogP contribution is -2.27. The van der Waals surface area contributed by atoms with Gasteiger partial charge in [0, 0.05) is 23.4 Å². The molecular formula is C16H15N5OS. The molecule has 0 fully saturated rings. The van der Waals surface area contributed by atoms with Gasteiger partial charge in [-0.25, -0.2) is 14.6 Å². The maximum Gasteiger partial charge on any atom is 0.255 e. The smallest absolute Gasteiger partial charge is 0.255 e. The van der Waals surface area contributed by atoms with E-state index < -0.39 is 0 Å². The summed E-state index contributed by atoms with van der Waals surface area (Å²) in [6.45, 7) is 0.573. The second kappa shape index (κ2) is 7.55. The minimum Gasteiger partial charge on any atom is -0.351 e. The Morgan fingerprint density at radius 3 is 2.83 bits per heavy atom. The second-order valence-corrected chi connectivity index (χ2v) is 5.80. The number of pyridine rings is 1. The highest BCUT2D eigenvalue weighted by Crippen LogP contribution is 2.16. The number of carbonyl (C=O) groups excluding carboxylic acids is 1. The Kier molecular flexibility index (Phi) is 5.00. The number of amides is 1. The fraction of sp³-hybridized carbons (Fsp3) is 0.125. The highest BCUT2D eigenvalue weighted by Gasteiger charge is 2.13. The standard InChI is InChI=1S/C16H15N5OS/c22-16(19-9-10-23-13-5-2-1-3-6-13)14-7-4-8-18-15(14)21-12-17-11-20-21/h1-8,11-12H,9-10H2,(H,19,22). The van der Waals surface area contributed by atoms with Crippen LogP contribution in [0, 0.1) is 0 Å². The molecule has 0 saturated carbocycles. The third-order valence-electron chi connectivity index (χ3n) is 3.07. The zero-order valence-electron chi connectivity index (χ0n) is 12.3. The fourth-order valence-electron chi connectivity index (χ4n) is 2.02. The minimum absolute atomic E-state index is 0.169. The van der Waals surface area contributed by atoms with Crippen molar-refractivity contribution < 1.29 is 4.79 Å². The fourth-order valence-corrected chi connectivity index (χ4v) is 2.81. The van der Waals surface area contributed by atoms with Crippen molar-refractivity contribution in [2.24, 2.45) is 0 Å².